The molecule has 2 aliphatic heterocycles. The van der Waals surface area contributed by atoms with Crippen molar-refractivity contribution in [3.63, 3.8) is 0 Å². The zero-order valence-electron chi connectivity index (χ0n) is 11.3. The van der Waals surface area contributed by atoms with E-state index in [0.717, 1.165) is 50.9 Å². The second-order valence-corrected chi connectivity index (χ2v) is 7.05. The highest BCUT2D eigenvalue weighted by atomic mass is 32.1. The molecule has 1 aliphatic carbocycles. The Kier molecular flexibility index (Phi) is 2.72. The van der Waals surface area contributed by atoms with Gasteiger partial charge in [-0.25, -0.2) is 9.88 Å². The van der Waals surface area contributed by atoms with Gasteiger partial charge in [-0.05, 0) is 12.8 Å². The number of amides is 2. The summed E-state index contributed by atoms with van der Waals surface area (Å²) in [7, 11) is 0. The number of imide groups is 1. The maximum Gasteiger partial charge on any atom is 0.242 e. The molecular weight excluding hydrogens is 274 g/mol. The van der Waals surface area contributed by atoms with Crippen molar-refractivity contribution in [1.29, 1.82) is 0 Å². The summed E-state index contributed by atoms with van der Waals surface area (Å²) in [6, 6.07) is 0. The predicted molar refractivity (Wildman–Crippen MR) is 75.5 cm³/mol. The summed E-state index contributed by atoms with van der Waals surface area (Å²) in [5, 5.41) is 3.89. The van der Waals surface area contributed by atoms with Crippen molar-refractivity contribution in [2.24, 2.45) is 5.41 Å². The number of carbonyl (C=O) groups excluding carboxylic acids is 2. The van der Waals surface area contributed by atoms with Crippen molar-refractivity contribution in [2.45, 2.75) is 45.1 Å². The summed E-state index contributed by atoms with van der Waals surface area (Å²) in [5.74, 6) is -0.0602. The average molecular weight is 291 g/mol. The monoisotopic (exact) mass is 291 g/mol. The molecule has 1 saturated carbocycles. The molecule has 106 valence electrons. The van der Waals surface area contributed by atoms with Crippen LogP contribution >= 0.6 is 11.3 Å². The Morgan fingerprint density at radius 3 is 2.80 bits per heavy atom. The second-order valence-electron chi connectivity index (χ2n) is 5.99. The molecule has 0 radical (unpaired) electrons. The smallest absolute Gasteiger partial charge is 0.242 e. The number of anilines is 1. The first-order valence-corrected chi connectivity index (χ1v) is 8.08. The van der Waals surface area contributed by atoms with Crippen molar-refractivity contribution < 1.29 is 9.59 Å². The van der Waals surface area contributed by atoms with E-state index in [9.17, 15) is 9.59 Å². The molecule has 6 heteroatoms. The van der Waals surface area contributed by atoms with Crippen LogP contribution in [0.5, 0.6) is 0 Å². The topological polar surface area (TPSA) is 62.3 Å². The largest absolute Gasteiger partial charge is 0.311 e. The van der Waals surface area contributed by atoms with Crippen LogP contribution in [-0.4, -0.2) is 23.3 Å². The van der Waals surface area contributed by atoms with Gasteiger partial charge in [0.05, 0.1) is 11.1 Å². The van der Waals surface area contributed by atoms with Gasteiger partial charge < -0.3 is 5.32 Å². The van der Waals surface area contributed by atoms with Gasteiger partial charge in [0.2, 0.25) is 11.8 Å². The lowest BCUT2D eigenvalue weighted by atomic mass is 9.85. The molecular formula is C14H17N3O2S. The fourth-order valence-corrected chi connectivity index (χ4v) is 4.73. The molecule has 1 N–H and O–H groups in total. The third kappa shape index (κ3) is 1.67. The Morgan fingerprint density at radius 1 is 1.25 bits per heavy atom. The van der Waals surface area contributed by atoms with Crippen LogP contribution in [0.4, 0.5) is 5.13 Å². The standard InChI is InChI=1S/C14H17N3O2S/c18-11-7-14(4-1-2-5-14)12(19)17(11)13-16-9-3-6-15-8-10(9)20-13/h15H,1-8H2. The molecule has 20 heavy (non-hydrogen) atoms. The number of rotatable bonds is 1. The highest BCUT2D eigenvalue weighted by Gasteiger charge is 2.53. The van der Waals surface area contributed by atoms with Crippen molar-refractivity contribution in [3.05, 3.63) is 10.6 Å². The van der Waals surface area contributed by atoms with Gasteiger partial charge >= 0.3 is 0 Å². The van der Waals surface area contributed by atoms with Gasteiger partial charge in [0.15, 0.2) is 5.13 Å². The van der Waals surface area contributed by atoms with Crippen LogP contribution in [0.25, 0.3) is 0 Å². The highest BCUT2D eigenvalue weighted by Crippen LogP contribution is 2.48. The van der Waals surface area contributed by atoms with Gasteiger partial charge in [-0.2, -0.15) is 0 Å². The molecule has 3 heterocycles. The number of hydrogen-bond donors (Lipinski definition) is 1. The third-order valence-electron chi connectivity index (χ3n) is 4.74. The number of fused-ring (bicyclic) bond motifs is 1. The van der Waals surface area contributed by atoms with E-state index >= 15 is 0 Å². The lowest BCUT2D eigenvalue weighted by Gasteiger charge is -2.19. The SMILES string of the molecule is O=C1CC2(CCCC2)C(=O)N1c1nc2c(s1)CNCC2. The fraction of sp³-hybridized carbons (Fsp3) is 0.643. The summed E-state index contributed by atoms with van der Waals surface area (Å²) in [5.41, 5.74) is 0.651. The molecule has 1 aromatic rings. The Balaban J connectivity index is 1.69. The second kappa shape index (κ2) is 4.36. The summed E-state index contributed by atoms with van der Waals surface area (Å²) in [6.45, 7) is 1.72. The van der Waals surface area contributed by atoms with Crippen molar-refractivity contribution in [3.8, 4) is 0 Å². The zero-order chi connectivity index (χ0) is 13.7. The predicted octanol–water partition coefficient (Wildman–Crippen LogP) is 1.61. The summed E-state index contributed by atoms with van der Waals surface area (Å²) in [4.78, 5) is 32.1. The summed E-state index contributed by atoms with van der Waals surface area (Å²) >= 11 is 1.49. The lowest BCUT2D eigenvalue weighted by Crippen LogP contribution is -2.34. The first-order chi connectivity index (χ1) is 9.70. The molecule has 0 bridgehead atoms. The van der Waals surface area contributed by atoms with Crippen LogP contribution in [0, 0.1) is 5.41 Å². The van der Waals surface area contributed by atoms with E-state index in [1.807, 2.05) is 0 Å². The Morgan fingerprint density at radius 2 is 2.05 bits per heavy atom. The highest BCUT2D eigenvalue weighted by molar-refractivity contribution is 7.16. The third-order valence-corrected chi connectivity index (χ3v) is 5.82. The number of aromatic nitrogens is 1. The quantitative estimate of drug-likeness (QED) is 0.799. The normalized spacial score (nSPS) is 24.7. The first-order valence-electron chi connectivity index (χ1n) is 7.26. The van der Waals surface area contributed by atoms with Gasteiger partial charge in [-0.3, -0.25) is 9.59 Å². The molecule has 2 fully saturated rings. The molecule has 5 nitrogen and oxygen atoms in total. The van der Waals surface area contributed by atoms with Gasteiger partial charge in [0.1, 0.15) is 0 Å². The fourth-order valence-electron chi connectivity index (χ4n) is 3.64. The van der Waals surface area contributed by atoms with Crippen molar-refractivity contribution >= 4 is 28.3 Å². The Bertz CT molecular complexity index is 566. The Hall–Kier alpha value is -1.27. The molecule has 1 aromatic heterocycles. The molecule has 3 aliphatic rings. The minimum atomic E-state index is -0.401. The van der Waals surface area contributed by atoms with Crippen LogP contribution in [0.2, 0.25) is 0 Å². The number of nitrogens with zero attached hydrogens (tertiary/aromatic N) is 2. The van der Waals surface area contributed by atoms with E-state index in [2.05, 4.69) is 10.3 Å². The molecule has 0 aromatic carbocycles. The van der Waals surface area contributed by atoms with Crippen LogP contribution in [-0.2, 0) is 22.6 Å². The van der Waals surface area contributed by atoms with Gasteiger partial charge in [0, 0.05) is 30.8 Å². The maximum atomic E-state index is 12.7. The summed E-state index contributed by atoms with van der Waals surface area (Å²) in [6.07, 6.45) is 5.11. The molecule has 0 atom stereocenters. The van der Waals surface area contributed by atoms with E-state index < -0.39 is 5.41 Å². The molecule has 0 unspecified atom stereocenters. The minimum Gasteiger partial charge on any atom is -0.311 e. The molecule has 1 spiro atoms. The van der Waals surface area contributed by atoms with Crippen LogP contribution in [0.15, 0.2) is 0 Å². The van der Waals surface area contributed by atoms with Crippen LogP contribution < -0.4 is 10.2 Å². The molecule has 4 rings (SSSR count). The van der Waals surface area contributed by atoms with Crippen molar-refractivity contribution in [2.75, 3.05) is 11.4 Å². The lowest BCUT2D eigenvalue weighted by molar-refractivity contribution is -0.125. The van der Waals surface area contributed by atoms with Crippen LogP contribution in [0.1, 0.15) is 42.7 Å². The maximum absolute atomic E-state index is 12.7. The van der Waals surface area contributed by atoms with E-state index in [0.29, 0.717) is 11.6 Å². The number of thiazole rings is 1. The van der Waals surface area contributed by atoms with E-state index in [4.69, 9.17) is 0 Å². The zero-order valence-corrected chi connectivity index (χ0v) is 12.1. The molecule has 1 saturated heterocycles. The van der Waals surface area contributed by atoms with Crippen LogP contribution in [0.3, 0.4) is 0 Å². The number of hydrogen-bond acceptors (Lipinski definition) is 5. The minimum absolute atomic E-state index is 0.000874. The van der Waals surface area contributed by atoms with Gasteiger partial charge in [-0.1, -0.05) is 24.2 Å². The van der Waals surface area contributed by atoms with Gasteiger partial charge in [-0.15, -0.1) is 0 Å². The molecule has 2 amide bonds. The van der Waals surface area contributed by atoms with E-state index in [1.54, 1.807) is 0 Å². The van der Waals surface area contributed by atoms with Gasteiger partial charge in [0.25, 0.3) is 0 Å². The average Bonchev–Trinajstić information content (AvgIpc) is 3.10. The van der Waals surface area contributed by atoms with E-state index in [1.165, 1.54) is 21.1 Å². The van der Waals surface area contributed by atoms with Crippen molar-refractivity contribution in [1.82, 2.24) is 10.3 Å². The Labute approximate surface area is 121 Å². The first kappa shape index (κ1) is 12.5. The number of carbonyl (C=O) groups is 2. The van der Waals surface area contributed by atoms with E-state index in [-0.39, 0.29) is 11.8 Å². The summed E-state index contributed by atoms with van der Waals surface area (Å²) < 4.78 is 0. The number of nitrogens with one attached hydrogen (secondary N) is 1.